The van der Waals surface area contributed by atoms with Crippen LogP contribution in [0.3, 0.4) is 0 Å². The first-order valence-electron chi connectivity index (χ1n) is 7.58. The van der Waals surface area contributed by atoms with Gasteiger partial charge in [-0.25, -0.2) is 5.43 Å². The number of nitrogens with one attached hydrogen (secondary N) is 2. The number of aromatic nitrogens is 1. The lowest BCUT2D eigenvalue weighted by atomic mass is 10.1. The maximum absolute atomic E-state index is 11.9. The molecule has 1 aromatic carbocycles. The van der Waals surface area contributed by atoms with Crippen LogP contribution in [0, 0.1) is 0 Å². The molecule has 2 N–H and O–H groups in total. The highest BCUT2D eigenvalue weighted by Crippen LogP contribution is 2.28. The van der Waals surface area contributed by atoms with Crippen molar-refractivity contribution in [1.82, 2.24) is 9.99 Å². The quantitative estimate of drug-likeness (QED) is 0.632. The van der Waals surface area contributed by atoms with E-state index in [4.69, 9.17) is 4.74 Å². The molecule has 8 nitrogen and oxygen atoms in total. The van der Waals surface area contributed by atoms with Gasteiger partial charge >= 0.3 is 0 Å². The van der Waals surface area contributed by atoms with E-state index in [1.807, 2.05) is 0 Å². The second kappa shape index (κ2) is 7.00. The van der Waals surface area contributed by atoms with Crippen molar-refractivity contribution in [2.24, 2.45) is 5.10 Å². The molecule has 8 heteroatoms. The van der Waals surface area contributed by atoms with Crippen molar-refractivity contribution < 1.29 is 14.3 Å². The summed E-state index contributed by atoms with van der Waals surface area (Å²) in [6.07, 6.45) is 1.53. The molecule has 0 atom stereocenters. The van der Waals surface area contributed by atoms with Crippen LogP contribution in [-0.4, -0.2) is 28.7 Å². The molecule has 0 fully saturated rings. The van der Waals surface area contributed by atoms with Gasteiger partial charge < -0.3 is 14.6 Å². The van der Waals surface area contributed by atoms with Gasteiger partial charge in [0.1, 0.15) is 12.3 Å². The molecule has 0 bridgehead atoms. The van der Waals surface area contributed by atoms with Crippen molar-refractivity contribution in [2.45, 2.75) is 13.5 Å². The van der Waals surface area contributed by atoms with Crippen LogP contribution in [-0.2, 0) is 16.1 Å². The summed E-state index contributed by atoms with van der Waals surface area (Å²) in [6, 6.07) is 9.89. The van der Waals surface area contributed by atoms with Crippen molar-refractivity contribution in [3.05, 3.63) is 58.5 Å². The minimum absolute atomic E-state index is 0.00562. The summed E-state index contributed by atoms with van der Waals surface area (Å²) in [4.78, 5) is 34.9. The number of carbonyl (C=O) groups is 2. The molecule has 2 amide bonds. The molecule has 3 rings (SSSR count). The van der Waals surface area contributed by atoms with E-state index in [1.54, 1.807) is 37.3 Å². The van der Waals surface area contributed by atoms with Gasteiger partial charge in [0.25, 0.3) is 17.4 Å². The van der Waals surface area contributed by atoms with Gasteiger partial charge in [0.2, 0.25) is 0 Å². The number of ether oxygens (including phenoxy) is 1. The molecular formula is C17H16N4O4. The molecular weight excluding hydrogens is 324 g/mol. The second-order valence-electron chi connectivity index (χ2n) is 5.45. The molecule has 0 saturated heterocycles. The predicted molar refractivity (Wildman–Crippen MR) is 91.6 cm³/mol. The van der Waals surface area contributed by atoms with Crippen molar-refractivity contribution in [3.63, 3.8) is 0 Å². The number of pyridine rings is 1. The molecule has 0 saturated carbocycles. The van der Waals surface area contributed by atoms with Crippen molar-refractivity contribution >= 4 is 23.2 Å². The van der Waals surface area contributed by atoms with E-state index in [0.717, 1.165) is 5.56 Å². The zero-order valence-corrected chi connectivity index (χ0v) is 13.5. The fourth-order valence-electron chi connectivity index (χ4n) is 2.30. The molecule has 2 aromatic rings. The lowest BCUT2D eigenvalue weighted by molar-refractivity contribution is -0.121. The Morgan fingerprint density at radius 2 is 2.16 bits per heavy atom. The topological polar surface area (TPSA) is 102 Å². The number of amides is 2. The molecule has 0 radical (unpaired) electrons. The lowest BCUT2D eigenvalue weighted by Crippen LogP contribution is -2.29. The van der Waals surface area contributed by atoms with Gasteiger partial charge in [-0.05, 0) is 36.8 Å². The predicted octanol–water partition coefficient (Wildman–Crippen LogP) is 0.720. The van der Waals surface area contributed by atoms with Gasteiger partial charge in [0, 0.05) is 12.3 Å². The van der Waals surface area contributed by atoms with Crippen LogP contribution in [0.2, 0.25) is 0 Å². The first-order valence-corrected chi connectivity index (χ1v) is 7.58. The van der Waals surface area contributed by atoms with Gasteiger partial charge in [-0.2, -0.15) is 5.10 Å². The number of hydrogen-bond donors (Lipinski definition) is 2. The zero-order chi connectivity index (χ0) is 17.8. The molecule has 2 heterocycles. The maximum atomic E-state index is 11.9. The van der Waals surface area contributed by atoms with Crippen molar-refractivity contribution in [3.8, 4) is 5.75 Å². The molecule has 1 aliphatic heterocycles. The van der Waals surface area contributed by atoms with Crippen molar-refractivity contribution in [2.75, 3.05) is 11.9 Å². The Labute approximate surface area is 143 Å². The molecule has 128 valence electrons. The van der Waals surface area contributed by atoms with E-state index in [9.17, 15) is 14.4 Å². The number of anilines is 1. The average molecular weight is 340 g/mol. The monoisotopic (exact) mass is 340 g/mol. The minimum Gasteiger partial charge on any atom is -0.482 e. The fraction of sp³-hybridized carbons (Fsp3) is 0.176. The Balaban J connectivity index is 1.68. The Hall–Kier alpha value is -3.42. The first-order chi connectivity index (χ1) is 12.0. The fourth-order valence-corrected chi connectivity index (χ4v) is 2.30. The molecule has 0 unspecified atom stereocenters. The summed E-state index contributed by atoms with van der Waals surface area (Å²) in [6.45, 7) is 1.60. The zero-order valence-electron chi connectivity index (χ0n) is 13.5. The normalized spacial score (nSPS) is 13.5. The van der Waals surface area contributed by atoms with Crippen LogP contribution in [0.25, 0.3) is 0 Å². The van der Waals surface area contributed by atoms with Crippen LogP contribution in [0.4, 0.5) is 5.69 Å². The summed E-state index contributed by atoms with van der Waals surface area (Å²) in [7, 11) is 0. The van der Waals surface area contributed by atoms with Crippen LogP contribution in [0.15, 0.2) is 52.5 Å². The Morgan fingerprint density at radius 3 is 2.96 bits per heavy atom. The largest absolute Gasteiger partial charge is 0.482 e. The summed E-state index contributed by atoms with van der Waals surface area (Å²) in [5.41, 5.74) is 3.99. The van der Waals surface area contributed by atoms with E-state index in [2.05, 4.69) is 15.8 Å². The van der Waals surface area contributed by atoms with E-state index >= 15 is 0 Å². The van der Waals surface area contributed by atoms with Crippen molar-refractivity contribution in [1.29, 1.82) is 0 Å². The van der Waals surface area contributed by atoms with Gasteiger partial charge in [0.15, 0.2) is 6.61 Å². The standard InChI is InChI=1S/C17H16N4O4/c1-11(12-5-6-14-13(8-12)18-16(23)10-25-14)19-20-15(22)9-21-7-3-2-4-17(21)24/h2-8H,9-10H2,1H3,(H,18,23)(H,20,22)/b19-11-. The number of fused-ring (bicyclic) bond motifs is 1. The summed E-state index contributed by atoms with van der Waals surface area (Å²) in [5, 5.41) is 6.75. The summed E-state index contributed by atoms with van der Waals surface area (Å²) >= 11 is 0. The number of hydrazone groups is 1. The first kappa shape index (κ1) is 16.4. The van der Waals surface area contributed by atoms with E-state index in [-0.39, 0.29) is 24.6 Å². The maximum Gasteiger partial charge on any atom is 0.262 e. The van der Waals surface area contributed by atoms with Crippen LogP contribution >= 0.6 is 0 Å². The van der Waals surface area contributed by atoms with Gasteiger partial charge in [-0.3, -0.25) is 14.4 Å². The molecule has 0 spiro atoms. The highest BCUT2D eigenvalue weighted by molar-refractivity contribution is 6.02. The third-order valence-electron chi connectivity index (χ3n) is 3.59. The average Bonchev–Trinajstić information content (AvgIpc) is 2.61. The Bertz CT molecular complexity index is 917. The third-order valence-corrected chi connectivity index (χ3v) is 3.59. The molecule has 1 aliphatic rings. The molecule has 25 heavy (non-hydrogen) atoms. The smallest absolute Gasteiger partial charge is 0.262 e. The summed E-state index contributed by atoms with van der Waals surface area (Å²) < 4.78 is 6.58. The van der Waals surface area contributed by atoms with Crippen LogP contribution in [0.5, 0.6) is 5.75 Å². The molecule has 1 aromatic heterocycles. The highest BCUT2D eigenvalue weighted by atomic mass is 16.5. The second-order valence-corrected chi connectivity index (χ2v) is 5.45. The number of carbonyl (C=O) groups excluding carboxylic acids is 2. The van der Waals surface area contributed by atoms with Gasteiger partial charge in [-0.1, -0.05) is 6.07 Å². The Morgan fingerprint density at radius 1 is 1.32 bits per heavy atom. The number of nitrogens with zero attached hydrogens (tertiary/aromatic N) is 2. The van der Waals surface area contributed by atoms with E-state index in [1.165, 1.54) is 16.8 Å². The molecule has 0 aliphatic carbocycles. The number of hydrogen-bond acceptors (Lipinski definition) is 5. The van der Waals surface area contributed by atoms with Crippen LogP contribution < -0.4 is 21.0 Å². The summed E-state index contributed by atoms with van der Waals surface area (Å²) in [5.74, 6) is -0.0493. The lowest BCUT2D eigenvalue weighted by Gasteiger charge is -2.18. The minimum atomic E-state index is -0.415. The van der Waals surface area contributed by atoms with Gasteiger partial charge in [0.05, 0.1) is 11.4 Å². The van der Waals surface area contributed by atoms with E-state index < -0.39 is 5.91 Å². The number of rotatable bonds is 4. The van der Waals surface area contributed by atoms with Crippen LogP contribution in [0.1, 0.15) is 12.5 Å². The van der Waals surface area contributed by atoms with E-state index in [0.29, 0.717) is 17.1 Å². The highest BCUT2D eigenvalue weighted by Gasteiger charge is 2.16. The number of benzene rings is 1. The van der Waals surface area contributed by atoms with Gasteiger partial charge in [-0.15, -0.1) is 0 Å². The third kappa shape index (κ3) is 3.92. The Kier molecular flexibility index (Phi) is 4.60. The SMILES string of the molecule is C/C(=N/NC(=O)Cn1ccccc1=O)c1ccc2c(c1)NC(=O)CO2.